The first-order valence-corrected chi connectivity index (χ1v) is 9.59. The fourth-order valence-electron chi connectivity index (χ4n) is 2.96. The lowest BCUT2D eigenvalue weighted by atomic mass is 10.1. The van der Waals surface area contributed by atoms with Gasteiger partial charge in [0.2, 0.25) is 11.8 Å². The number of piperazine rings is 1. The quantitative estimate of drug-likeness (QED) is 0.779. The molecule has 0 radical (unpaired) electrons. The third kappa shape index (κ3) is 6.76. The molecule has 1 aromatic carbocycles. The first-order chi connectivity index (χ1) is 13.6. The van der Waals surface area contributed by atoms with Crippen molar-refractivity contribution in [3.63, 3.8) is 0 Å². The number of nitrogens with zero attached hydrogens (tertiary/aromatic N) is 2. The normalized spacial score (nSPS) is 14.8. The van der Waals surface area contributed by atoms with Gasteiger partial charge in [0.05, 0.1) is 12.1 Å². The van der Waals surface area contributed by atoms with Crippen LogP contribution >= 0.6 is 0 Å². The van der Waals surface area contributed by atoms with Crippen LogP contribution in [0.1, 0.15) is 42.6 Å². The van der Waals surface area contributed by atoms with E-state index in [-0.39, 0.29) is 23.9 Å². The van der Waals surface area contributed by atoms with Gasteiger partial charge in [0, 0.05) is 38.2 Å². The van der Waals surface area contributed by atoms with Crippen LogP contribution in [0.15, 0.2) is 24.3 Å². The Bertz CT molecular complexity index is 725. The first kappa shape index (κ1) is 22.7. The van der Waals surface area contributed by atoms with Gasteiger partial charge in [-0.1, -0.05) is 13.8 Å². The molecule has 1 heterocycles. The van der Waals surface area contributed by atoms with E-state index in [0.29, 0.717) is 38.5 Å². The Morgan fingerprint density at radius 1 is 0.966 bits per heavy atom. The summed E-state index contributed by atoms with van der Waals surface area (Å²) in [4.78, 5) is 39.8. The van der Waals surface area contributed by atoms with E-state index in [4.69, 9.17) is 0 Å². The minimum atomic E-state index is -4.47. The van der Waals surface area contributed by atoms with Gasteiger partial charge in [-0.25, -0.2) is 0 Å². The highest BCUT2D eigenvalue weighted by atomic mass is 19.4. The van der Waals surface area contributed by atoms with Gasteiger partial charge in [0.1, 0.15) is 0 Å². The zero-order valence-corrected chi connectivity index (χ0v) is 16.6. The molecular formula is C20H26F3N3O3. The third-order valence-electron chi connectivity index (χ3n) is 4.80. The second-order valence-corrected chi connectivity index (χ2v) is 7.45. The van der Waals surface area contributed by atoms with Crippen molar-refractivity contribution < 1.29 is 27.6 Å². The predicted molar refractivity (Wildman–Crippen MR) is 101 cm³/mol. The minimum Gasteiger partial charge on any atom is -0.343 e. The van der Waals surface area contributed by atoms with E-state index >= 15 is 0 Å². The van der Waals surface area contributed by atoms with E-state index in [9.17, 15) is 27.6 Å². The molecule has 0 saturated carbocycles. The van der Waals surface area contributed by atoms with Crippen LogP contribution in [0, 0.1) is 5.92 Å². The lowest BCUT2D eigenvalue weighted by Gasteiger charge is -2.35. The van der Waals surface area contributed by atoms with Crippen LogP contribution in [0.4, 0.5) is 13.2 Å². The zero-order valence-electron chi connectivity index (χ0n) is 16.6. The molecule has 2 rings (SSSR count). The number of carbonyl (C=O) groups excluding carboxylic acids is 3. The molecule has 0 bridgehead atoms. The summed E-state index contributed by atoms with van der Waals surface area (Å²) in [6.45, 7) is 5.56. The lowest BCUT2D eigenvalue weighted by Crippen LogP contribution is -2.52. The average molecular weight is 413 g/mol. The molecule has 0 spiro atoms. The predicted octanol–water partition coefficient (Wildman–Crippen LogP) is 2.54. The number of halogens is 3. The number of nitrogens with one attached hydrogen (secondary N) is 1. The second kappa shape index (κ2) is 9.76. The van der Waals surface area contributed by atoms with Crippen molar-refractivity contribution in [2.24, 2.45) is 5.92 Å². The fourth-order valence-corrected chi connectivity index (χ4v) is 2.96. The minimum absolute atomic E-state index is 0.0476. The van der Waals surface area contributed by atoms with E-state index in [0.717, 1.165) is 30.7 Å². The highest BCUT2D eigenvalue weighted by Crippen LogP contribution is 2.29. The van der Waals surface area contributed by atoms with Crippen LogP contribution < -0.4 is 5.32 Å². The van der Waals surface area contributed by atoms with E-state index in [2.05, 4.69) is 19.2 Å². The summed E-state index contributed by atoms with van der Waals surface area (Å²) in [6, 6.07) is 3.80. The van der Waals surface area contributed by atoms with Crippen LogP contribution in [0.3, 0.4) is 0 Å². The summed E-state index contributed by atoms with van der Waals surface area (Å²) >= 11 is 0. The van der Waals surface area contributed by atoms with Gasteiger partial charge in [0.15, 0.2) is 0 Å². The number of rotatable bonds is 6. The SMILES string of the molecule is CC(C)CCC(=O)N1CCN(C(=O)CNC(=O)c2ccc(C(F)(F)F)cc2)CC1. The van der Waals surface area contributed by atoms with E-state index < -0.39 is 17.6 Å². The Labute approximate surface area is 168 Å². The van der Waals surface area contributed by atoms with Gasteiger partial charge in [-0.3, -0.25) is 14.4 Å². The van der Waals surface area contributed by atoms with Crippen molar-refractivity contribution >= 4 is 17.7 Å². The molecule has 3 amide bonds. The first-order valence-electron chi connectivity index (χ1n) is 9.59. The standard InChI is InChI=1S/C20H26F3N3O3/c1-14(2)3-8-17(27)25-9-11-26(12-10-25)18(28)13-24-19(29)15-4-6-16(7-5-15)20(21,22)23/h4-7,14H,3,8-13H2,1-2H3,(H,24,29). The second-order valence-electron chi connectivity index (χ2n) is 7.45. The molecule has 1 aliphatic heterocycles. The number of hydrogen-bond donors (Lipinski definition) is 1. The fraction of sp³-hybridized carbons (Fsp3) is 0.550. The van der Waals surface area contributed by atoms with Crippen LogP contribution in [-0.4, -0.2) is 60.2 Å². The molecule has 29 heavy (non-hydrogen) atoms. The molecule has 0 aromatic heterocycles. The summed E-state index contributed by atoms with van der Waals surface area (Å²) in [5, 5.41) is 2.43. The summed E-state index contributed by atoms with van der Waals surface area (Å²) in [5.41, 5.74) is -0.794. The van der Waals surface area contributed by atoms with Gasteiger partial charge >= 0.3 is 6.18 Å². The summed E-state index contributed by atoms with van der Waals surface area (Å²) in [6.07, 6.45) is -3.15. The van der Waals surface area contributed by atoms with Crippen LogP contribution in [0.2, 0.25) is 0 Å². The summed E-state index contributed by atoms with van der Waals surface area (Å²) < 4.78 is 37.7. The maximum absolute atomic E-state index is 12.6. The van der Waals surface area contributed by atoms with Crippen LogP contribution in [0.5, 0.6) is 0 Å². The molecule has 1 aromatic rings. The molecule has 1 N–H and O–H groups in total. The van der Waals surface area contributed by atoms with Gasteiger partial charge in [-0.2, -0.15) is 13.2 Å². The monoisotopic (exact) mass is 413 g/mol. The Morgan fingerprint density at radius 3 is 1.97 bits per heavy atom. The average Bonchev–Trinajstić information content (AvgIpc) is 2.69. The van der Waals surface area contributed by atoms with Crippen molar-refractivity contribution in [3.05, 3.63) is 35.4 Å². The molecule has 6 nitrogen and oxygen atoms in total. The Morgan fingerprint density at radius 2 is 1.48 bits per heavy atom. The van der Waals surface area contributed by atoms with Crippen LogP contribution in [-0.2, 0) is 15.8 Å². The number of hydrogen-bond acceptors (Lipinski definition) is 3. The molecule has 0 atom stereocenters. The number of amides is 3. The molecule has 160 valence electrons. The van der Waals surface area contributed by atoms with E-state index in [1.165, 1.54) is 0 Å². The van der Waals surface area contributed by atoms with Gasteiger partial charge in [0.25, 0.3) is 5.91 Å². The van der Waals surface area contributed by atoms with Crippen molar-refractivity contribution in [3.8, 4) is 0 Å². The largest absolute Gasteiger partial charge is 0.416 e. The molecule has 9 heteroatoms. The zero-order chi connectivity index (χ0) is 21.6. The third-order valence-corrected chi connectivity index (χ3v) is 4.80. The maximum atomic E-state index is 12.6. The summed E-state index contributed by atoms with van der Waals surface area (Å²) in [7, 11) is 0. The van der Waals surface area contributed by atoms with Gasteiger partial charge in [-0.05, 0) is 36.6 Å². The Kier molecular flexibility index (Phi) is 7.64. The molecule has 0 aliphatic carbocycles. The van der Waals surface area contributed by atoms with Gasteiger partial charge in [-0.15, -0.1) is 0 Å². The smallest absolute Gasteiger partial charge is 0.343 e. The molecular weight excluding hydrogens is 387 g/mol. The van der Waals surface area contributed by atoms with E-state index in [1.54, 1.807) is 9.80 Å². The molecule has 1 fully saturated rings. The van der Waals surface area contributed by atoms with E-state index in [1.807, 2.05) is 0 Å². The molecule has 1 aliphatic rings. The lowest BCUT2D eigenvalue weighted by molar-refractivity contribution is -0.139. The number of benzene rings is 1. The van der Waals surface area contributed by atoms with Crippen LogP contribution in [0.25, 0.3) is 0 Å². The molecule has 1 saturated heterocycles. The Hall–Kier alpha value is -2.58. The highest BCUT2D eigenvalue weighted by Gasteiger charge is 2.30. The van der Waals surface area contributed by atoms with Crippen molar-refractivity contribution in [1.82, 2.24) is 15.1 Å². The van der Waals surface area contributed by atoms with Crippen molar-refractivity contribution in [2.45, 2.75) is 32.9 Å². The van der Waals surface area contributed by atoms with Crippen molar-refractivity contribution in [1.29, 1.82) is 0 Å². The topological polar surface area (TPSA) is 69.7 Å². The Balaban J connectivity index is 1.77. The molecule has 0 unspecified atom stereocenters. The summed E-state index contributed by atoms with van der Waals surface area (Å²) in [5.74, 6) is -0.370. The highest BCUT2D eigenvalue weighted by molar-refractivity contribution is 5.96. The maximum Gasteiger partial charge on any atom is 0.416 e. The number of carbonyl (C=O) groups is 3. The van der Waals surface area contributed by atoms with Crippen molar-refractivity contribution in [2.75, 3.05) is 32.7 Å². The number of alkyl halides is 3. The van der Waals surface area contributed by atoms with Gasteiger partial charge < -0.3 is 15.1 Å².